The molecule has 0 heterocycles. The SMILES string of the molecule is CC(C)[Si](C#CC#C[C@@H](O)c1ccc2ccccc2c1)(C(C)C)C(C)C. The van der Waals surface area contributed by atoms with Gasteiger partial charge in [0, 0.05) is 0 Å². The lowest BCUT2D eigenvalue weighted by atomic mass is 10.0. The Bertz CT molecular complexity index is 850. The first-order chi connectivity index (χ1) is 12.3. The van der Waals surface area contributed by atoms with E-state index in [1.165, 1.54) is 0 Å². The molecule has 2 aromatic rings. The summed E-state index contributed by atoms with van der Waals surface area (Å²) >= 11 is 0. The van der Waals surface area contributed by atoms with E-state index in [2.05, 4.69) is 70.9 Å². The van der Waals surface area contributed by atoms with E-state index in [0.717, 1.165) is 16.3 Å². The number of aliphatic hydroxyl groups excluding tert-OH is 1. The van der Waals surface area contributed by atoms with E-state index in [1.807, 2.05) is 36.4 Å². The van der Waals surface area contributed by atoms with Gasteiger partial charge >= 0.3 is 0 Å². The van der Waals surface area contributed by atoms with Gasteiger partial charge in [-0.1, -0.05) is 83.9 Å². The monoisotopic (exact) mass is 362 g/mol. The molecule has 0 unspecified atom stereocenters. The largest absolute Gasteiger partial charge is 0.376 e. The molecule has 1 N–H and O–H groups in total. The molecule has 0 bridgehead atoms. The second-order valence-corrected chi connectivity index (χ2v) is 13.5. The van der Waals surface area contributed by atoms with Crippen LogP contribution in [0, 0.1) is 23.3 Å². The molecule has 0 radical (unpaired) electrons. The van der Waals surface area contributed by atoms with Gasteiger partial charge in [0.2, 0.25) is 0 Å². The highest BCUT2D eigenvalue weighted by atomic mass is 28.3. The summed E-state index contributed by atoms with van der Waals surface area (Å²) < 4.78 is 0. The Hall–Kier alpha value is -2.00. The first-order valence-electron chi connectivity index (χ1n) is 9.48. The zero-order valence-corrected chi connectivity index (χ0v) is 17.8. The van der Waals surface area contributed by atoms with Crippen molar-refractivity contribution in [1.82, 2.24) is 0 Å². The molecular formula is C24H30OSi. The van der Waals surface area contributed by atoms with Crippen LogP contribution in [0.4, 0.5) is 0 Å². The van der Waals surface area contributed by atoms with E-state index in [9.17, 15) is 5.11 Å². The number of benzene rings is 2. The molecule has 2 rings (SSSR count). The van der Waals surface area contributed by atoms with Gasteiger partial charge in [-0.25, -0.2) is 0 Å². The molecule has 0 aliphatic rings. The molecule has 0 aromatic heterocycles. The minimum absolute atomic E-state index is 0.585. The van der Waals surface area contributed by atoms with Crippen LogP contribution >= 0.6 is 0 Å². The fourth-order valence-corrected chi connectivity index (χ4v) is 9.28. The topological polar surface area (TPSA) is 20.2 Å². The predicted octanol–water partition coefficient (Wildman–Crippen LogP) is 6.10. The van der Waals surface area contributed by atoms with E-state index in [-0.39, 0.29) is 0 Å². The zero-order chi connectivity index (χ0) is 19.3. The van der Waals surface area contributed by atoms with Crippen molar-refractivity contribution in [2.24, 2.45) is 0 Å². The van der Waals surface area contributed by atoms with Crippen LogP contribution in [0.3, 0.4) is 0 Å². The van der Waals surface area contributed by atoms with Crippen molar-refractivity contribution in [2.75, 3.05) is 0 Å². The number of rotatable bonds is 4. The number of fused-ring (bicyclic) bond motifs is 1. The smallest absolute Gasteiger partial charge is 0.147 e. The Kier molecular flexibility index (Phi) is 6.71. The maximum atomic E-state index is 10.4. The second kappa shape index (κ2) is 8.59. The van der Waals surface area contributed by atoms with Crippen molar-refractivity contribution in [1.29, 1.82) is 0 Å². The van der Waals surface area contributed by atoms with Crippen LogP contribution < -0.4 is 0 Å². The van der Waals surface area contributed by atoms with Gasteiger partial charge < -0.3 is 5.11 Å². The summed E-state index contributed by atoms with van der Waals surface area (Å²) in [6, 6.07) is 14.1. The minimum Gasteiger partial charge on any atom is -0.376 e. The number of hydrogen-bond acceptors (Lipinski definition) is 1. The van der Waals surface area contributed by atoms with Gasteiger partial charge in [0.1, 0.15) is 14.2 Å². The van der Waals surface area contributed by atoms with Gasteiger partial charge in [0.15, 0.2) is 0 Å². The highest BCUT2D eigenvalue weighted by molar-refractivity contribution is 6.90. The van der Waals surface area contributed by atoms with Crippen molar-refractivity contribution in [3.8, 4) is 23.3 Å². The van der Waals surface area contributed by atoms with Crippen LogP contribution in [0.5, 0.6) is 0 Å². The highest BCUT2D eigenvalue weighted by Crippen LogP contribution is 2.40. The average molecular weight is 363 g/mol. The van der Waals surface area contributed by atoms with E-state index >= 15 is 0 Å². The Labute approximate surface area is 159 Å². The van der Waals surface area contributed by atoms with Crippen LogP contribution in [0.15, 0.2) is 42.5 Å². The molecule has 2 heteroatoms. The summed E-state index contributed by atoms with van der Waals surface area (Å²) in [6.07, 6.45) is -0.804. The summed E-state index contributed by atoms with van der Waals surface area (Å²) in [5, 5.41) is 12.7. The standard InChI is InChI=1S/C24H30OSi/c1-18(2)26(19(3)4,20(5)6)16-10-9-13-24(25)23-15-14-21-11-7-8-12-22(21)17-23/h7-8,11-12,14-15,17-20,24-25H,1-6H3/t24-/m1/s1. The van der Waals surface area contributed by atoms with Crippen molar-refractivity contribution in [2.45, 2.75) is 64.3 Å². The van der Waals surface area contributed by atoms with Crippen LogP contribution in [0.25, 0.3) is 10.8 Å². The van der Waals surface area contributed by atoms with Gasteiger partial charge in [-0.3, -0.25) is 0 Å². The molecule has 26 heavy (non-hydrogen) atoms. The molecule has 0 amide bonds. The Morgan fingerprint density at radius 3 is 1.92 bits per heavy atom. The van der Waals surface area contributed by atoms with E-state index in [0.29, 0.717) is 16.6 Å². The molecule has 2 aromatic carbocycles. The van der Waals surface area contributed by atoms with Gasteiger partial charge in [-0.05, 0) is 50.9 Å². The Morgan fingerprint density at radius 1 is 0.769 bits per heavy atom. The predicted molar refractivity (Wildman–Crippen MR) is 116 cm³/mol. The normalized spacial score (nSPS) is 12.7. The van der Waals surface area contributed by atoms with E-state index in [1.54, 1.807) is 0 Å². The van der Waals surface area contributed by atoms with Crippen molar-refractivity contribution < 1.29 is 5.11 Å². The van der Waals surface area contributed by atoms with E-state index < -0.39 is 14.2 Å². The molecule has 0 aliphatic carbocycles. The lowest BCUT2D eigenvalue weighted by Gasteiger charge is -2.37. The third-order valence-electron chi connectivity index (χ3n) is 5.51. The highest BCUT2D eigenvalue weighted by Gasteiger charge is 2.41. The Balaban J connectivity index is 2.26. The number of aliphatic hydroxyl groups is 1. The summed E-state index contributed by atoms with van der Waals surface area (Å²) in [4.78, 5) is 0. The van der Waals surface area contributed by atoms with Gasteiger partial charge in [0.25, 0.3) is 0 Å². The summed E-state index contributed by atoms with van der Waals surface area (Å²) in [5.74, 6) is 8.93. The molecule has 136 valence electrons. The summed E-state index contributed by atoms with van der Waals surface area (Å²) in [6.45, 7) is 13.7. The third-order valence-corrected chi connectivity index (χ3v) is 11.8. The Morgan fingerprint density at radius 2 is 1.35 bits per heavy atom. The molecule has 0 spiro atoms. The summed E-state index contributed by atoms with van der Waals surface area (Å²) in [7, 11) is -1.76. The van der Waals surface area contributed by atoms with Gasteiger partial charge in [-0.15, -0.1) is 5.54 Å². The fraction of sp³-hybridized carbons (Fsp3) is 0.417. The van der Waals surface area contributed by atoms with E-state index in [4.69, 9.17) is 0 Å². The van der Waals surface area contributed by atoms with Crippen molar-refractivity contribution >= 4 is 18.8 Å². The zero-order valence-electron chi connectivity index (χ0n) is 16.8. The lowest BCUT2D eigenvalue weighted by molar-refractivity contribution is 0.238. The molecule has 0 fully saturated rings. The quantitative estimate of drug-likeness (QED) is 0.515. The number of hydrogen-bond donors (Lipinski definition) is 1. The van der Waals surface area contributed by atoms with Crippen LogP contribution in [-0.4, -0.2) is 13.2 Å². The molecule has 1 nitrogen and oxygen atoms in total. The van der Waals surface area contributed by atoms with Crippen molar-refractivity contribution in [3.05, 3.63) is 48.0 Å². The first-order valence-corrected chi connectivity index (χ1v) is 11.7. The third kappa shape index (κ3) is 4.21. The van der Waals surface area contributed by atoms with Gasteiger partial charge in [0.05, 0.1) is 0 Å². The van der Waals surface area contributed by atoms with Crippen LogP contribution in [0.2, 0.25) is 16.6 Å². The maximum Gasteiger partial charge on any atom is 0.147 e. The lowest BCUT2D eigenvalue weighted by Crippen LogP contribution is -2.43. The molecule has 0 aliphatic heterocycles. The maximum absolute atomic E-state index is 10.4. The first kappa shape index (κ1) is 20.3. The second-order valence-electron chi connectivity index (χ2n) is 7.93. The average Bonchev–Trinajstić information content (AvgIpc) is 2.60. The van der Waals surface area contributed by atoms with Gasteiger partial charge in [-0.2, -0.15) is 0 Å². The van der Waals surface area contributed by atoms with Crippen LogP contribution in [-0.2, 0) is 0 Å². The van der Waals surface area contributed by atoms with Crippen molar-refractivity contribution in [3.63, 3.8) is 0 Å². The molecular weight excluding hydrogens is 332 g/mol. The summed E-state index contributed by atoms with van der Waals surface area (Å²) in [5.41, 5.74) is 6.15. The van der Waals surface area contributed by atoms with Crippen LogP contribution in [0.1, 0.15) is 53.2 Å². The molecule has 1 atom stereocenters. The molecule has 0 saturated carbocycles. The minimum atomic E-state index is -1.76. The fourth-order valence-electron chi connectivity index (χ4n) is 4.14. The molecule has 0 saturated heterocycles.